The predicted molar refractivity (Wildman–Crippen MR) is 66.8 cm³/mol. The van der Waals surface area contributed by atoms with Crippen LogP contribution in [0.4, 0.5) is 5.69 Å². The van der Waals surface area contributed by atoms with Crippen LogP contribution in [0.2, 0.25) is 0 Å². The van der Waals surface area contributed by atoms with Gasteiger partial charge in [-0.2, -0.15) is 0 Å². The van der Waals surface area contributed by atoms with Crippen LogP contribution in [0.3, 0.4) is 0 Å². The molecule has 0 fully saturated rings. The summed E-state index contributed by atoms with van der Waals surface area (Å²) in [5, 5.41) is 13.4. The lowest BCUT2D eigenvalue weighted by atomic mass is 10.1. The van der Waals surface area contributed by atoms with E-state index >= 15 is 0 Å². The maximum atomic E-state index is 11.2. The third-order valence-corrected chi connectivity index (χ3v) is 2.47. The number of nitrogens with one attached hydrogen (secondary N) is 1. The van der Waals surface area contributed by atoms with Crippen molar-refractivity contribution < 1.29 is 9.72 Å². The highest BCUT2D eigenvalue weighted by molar-refractivity contribution is 5.80. The summed E-state index contributed by atoms with van der Waals surface area (Å²) in [6.07, 6.45) is 0.382. The van der Waals surface area contributed by atoms with Crippen molar-refractivity contribution in [3.8, 4) is 0 Å². The fraction of sp³-hybridized carbons (Fsp3) is 0.364. The van der Waals surface area contributed by atoms with E-state index in [0.29, 0.717) is 19.5 Å². The average Bonchev–Trinajstić information content (AvgIpc) is 2.34. The summed E-state index contributed by atoms with van der Waals surface area (Å²) in [6.45, 7) is 0.893. The van der Waals surface area contributed by atoms with E-state index in [4.69, 9.17) is 11.5 Å². The lowest BCUT2D eigenvalue weighted by Crippen LogP contribution is -2.44. The molecule has 1 aromatic carbocycles. The van der Waals surface area contributed by atoms with E-state index in [1.807, 2.05) is 0 Å². The lowest BCUT2D eigenvalue weighted by Gasteiger charge is -2.14. The zero-order valence-corrected chi connectivity index (χ0v) is 9.83. The first-order chi connectivity index (χ1) is 8.54. The van der Waals surface area contributed by atoms with Crippen molar-refractivity contribution >= 4 is 11.6 Å². The van der Waals surface area contributed by atoms with Crippen LogP contribution < -0.4 is 16.8 Å². The van der Waals surface area contributed by atoms with Gasteiger partial charge in [0.15, 0.2) is 0 Å². The van der Waals surface area contributed by atoms with E-state index < -0.39 is 16.9 Å². The fourth-order valence-corrected chi connectivity index (χ4v) is 1.52. The maximum absolute atomic E-state index is 11.2. The van der Waals surface area contributed by atoms with E-state index in [2.05, 4.69) is 5.32 Å². The third kappa shape index (κ3) is 4.11. The minimum Gasteiger partial charge on any atom is -0.368 e. The minimum absolute atomic E-state index is 0.0179. The molecule has 0 radical (unpaired) electrons. The Labute approximate surface area is 104 Å². The number of benzene rings is 1. The van der Waals surface area contributed by atoms with Crippen LogP contribution in [0.5, 0.6) is 0 Å². The molecule has 7 heteroatoms. The van der Waals surface area contributed by atoms with Crippen molar-refractivity contribution in [2.75, 3.05) is 13.1 Å². The number of nitrogens with zero attached hydrogens (tertiary/aromatic N) is 1. The average molecular weight is 252 g/mol. The van der Waals surface area contributed by atoms with E-state index in [1.165, 1.54) is 12.1 Å². The van der Waals surface area contributed by atoms with Crippen LogP contribution in [-0.4, -0.2) is 30.0 Å². The van der Waals surface area contributed by atoms with E-state index in [0.717, 1.165) is 5.56 Å². The summed E-state index contributed by atoms with van der Waals surface area (Å²) in [5.41, 5.74) is 11.4. The van der Waals surface area contributed by atoms with Gasteiger partial charge in [-0.25, -0.2) is 0 Å². The second kappa shape index (κ2) is 6.67. The van der Waals surface area contributed by atoms with Crippen molar-refractivity contribution in [3.05, 3.63) is 39.9 Å². The molecule has 0 aromatic heterocycles. The van der Waals surface area contributed by atoms with Crippen LogP contribution in [0, 0.1) is 10.1 Å². The Kier molecular flexibility index (Phi) is 5.22. The highest BCUT2D eigenvalue weighted by Crippen LogP contribution is 2.13. The number of rotatable bonds is 7. The Hall–Kier alpha value is -1.99. The maximum Gasteiger partial charge on any atom is 0.269 e. The molecule has 0 aliphatic rings. The topological polar surface area (TPSA) is 124 Å². The number of hydrogen-bond donors (Lipinski definition) is 3. The lowest BCUT2D eigenvalue weighted by molar-refractivity contribution is -0.384. The minimum atomic E-state index is -0.519. The smallest absolute Gasteiger partial charge is 0.269 e. The summed E-state index contributed by atoms with van der Waals surface area (Å²) >= 11 is 0. The second-order valence-corrected chi connectivity index (χ2v) is 3.83. The first-order valence-corrected chi connectivity index (χ1v) is 5.50. The highest BCUT2D eigenvalue weighted by atomic mass is 16.6. The molecule has 98 valence electrons. The van der Waals surface area contributed by atoms with Crippen LogP contribution in [0.1, 0.15) is 5.56 Å². The van der Waals surface area contributed by atoms with Crippen molar-refractivity contribution in [2.24, 2.45) is 11.5 Å². The summed E-state index contributed by atoms with van der Waals surface area (Å²) in [6, 6.07) is 5.50. The predicted octanol–water partition coefficient (Wildman–Crippen LogP) is -0.460. The Bertz CT molecular complexity index is 419. The molecule has 18 heavy (non-hydrogen) atoms. The first-order valence-electron chi connectivity index (χ1n) is 5.50. The molecule has 0 saturated carbocycles. The zero-order valence-electron chi connectivity index (χ0n) is 9.83. The van der Waals surface area contributed by atoms with Gasteiger partial charge in [-0.05, 0) is 12.0 Å². The molecule has 0 unspecified atom stereocenters. The monoisotopic (exact) mass is 252 g/mol. The van der Waals surface area contributed by atoms with E-state index in [1.54, 1.807) is 12.1 Å². The number of nitro benzene ring substituents is 1. The Morgan fingerprint density at radius 2 is 2.00 bits per heavy atom. The molecular weight excluding hydrogens is 236 g/mol. The zero-order chi connectivity index (χ0) is 13.5. The standard InChI is InChI=1S/C11H16N4O3/c12-5-6-14-10(11(13)16)7-8-1-3-9(4-2-8)15(17)18/h1-4,10,14H,5-7,12H2,(H2,13,16)/t10-/m0/s1. The van der Waals surface area contributed by atoms with Gasteiger partial charge in [0.2, 0.25) is 5.91 Å². The van der Waals surface area contributed by atoms with Crippen LogP contribution in [0.15, 0.2) is 24.3 Å². The molecule has 5 N–H and O–H groups in total. The fourth-order valence-electron chi connectivity index (χ4n) is 1.52. The summed E-state index contributed by atoms with van der Waals surface area (Å²) in [7, 11) is 0. The van der Waals surface area contributed by atoms with Crippen LogP contribution in [0.25, 0.3) is 0 Å². The van der Waals surface area contributed by atoms with Gasteiger partial charge < -0.3 is 16.8 Å². The Morgan fingerprint density at radius 1 is 1.39 bits per heavy atom. The molecule has 0 heterocycles. The molecule has 0 bridgehead atoms. The van der Waals surface area contributed by atoms with Gasteiger partial charge >= 0.3 is 0 Å². The molecule has 1 aromatic rings. The molecule has 7 nitrogen and oxygen atoms in total. The number of amides is 1. The summed E-state index contributed by atoms with van der Waals surface area (Å²) in [4.78, 5) is 21.2. The van der Waals surface area contributed by atoms with Crippen molar-refractivity contribution in [3.63, 3.8) is 0 Å². The molecule has 0 aliphatic heterocycles. The number of carbonyl (C=O) groups is 1. The summed E-state index contributed by atoms with van der Waals surface area (Å²) in [5.74, 6) is -0.471. The van der Waals surface area contributed by atoms with Gasteiger partial charge in [-0.3, -0.25) is 14.9 Å². The number of hydrogen-bond acceptors (Lipinski definition) is 5. The molecule has 0 saturated heterocycles. The van der Waals surface area contributed by atoms with Crippen molar-refractivity contribution in [2.45, 2.75) is 12.5 Å². The van der Waals surface area contributed by atoms with Crippen molar-refractivity contribution in [1.82, 2.24) is 5.32 Å². The molecule has 1 rings (SSSR count). The van der Waals surface area contributed by atoms with E-state index in [-0.39, 0.29) is 5.69 Å². The Balaban J connectivity index is 2.68. The van der Waals surface area contributed by atoms with Gasteiger partial charge in [0.25, 0.3) is 5.69 Å². The first kappa shape index (κ1) is 14.1. The molecule has 0 spiro atoms. The van der Waals surface area contributed by atoms with Crippen molar-refractivity contribution in [1.29, 1.82) is 0 Å². The number of primary amides is 1. The normalized spacial score (nSPS) is 12.1. The van der Waals surface area contributed by atoms with Gasteiger partial charge in [0.1, 0.15) is 0 Å². The third-order valence-electron chi connectivity index (χ3n) is 2.47. The van der Waals surface area contributed by atoms with Gasteiger partial charge in [-0.1, -0.05) is 12.1 Å². The van der Waals surface area contributed by atoms with Gasteiger partial charge in [0.05, 0.1) is 11.0 Å². The molecule has 1 amide bonds. The number of carbonyl (C=O) groups excluding carboxylic acids is 1. The molecule has 1 atom stereocenters. The number of nitrogens with two attached hydrogens (primary N) is 2. The van der Waals surface area contributed by atoms with Gasteiger partial charge in [-0.15, -0.1) is 0 Å². The Morgan fingerprint density at radius 3 is 2.44 bits per heavy atom. The highest BCUT2D eigenvalue weighted by Gasteiger charge is 2.15. The largest absolute Gasteiger partial charge is 0.368 e. The van der Waals surface area contributed by atoms with Crippen LogP contribution >= 0.6 is 0 Å². The van der Waals surface area contributed by atoms with Crippen LogP contribution in [-0.2, 0) is 11.2 Å². The van der Waals surface area contributed by atoms with E-state index in [9.17, 15) is 14.9 Å². The second-order valence-electron chi connectivity index (χ2n) is 3.83. The summed E-state index contributed by atoms with van der Waals surface area (Å²) < 4.78 is 0. The van der Waals surface area contributed by atoms with Gasteiger partial charge in [0, 0.05) is 25.2 Å². The molecule has 0 aliphatic carbocycles. The quantitative estimate of drug-likeness (QED) is 0.447. The molecular formula is C11H16N4O3. The number of nitro groups is 1. The number of non-ortho nitro benzene ring substituents is 1. The SMILES string of the molecule is NCCN[C@@H](Cc1ccc([N+](=O)[O-])cc1)C(N)=O.